The van der Waals surface area contributed by atoms with Crippen LogP contribution in [-0.4, -0.2) is 12.1 Å². The number of hydrogen-bond acceptors (Lipinski definition) is 4. The van der Waals surface area contributed by atoms with Crippen LogP contribution in [0.25, 0.3) is 10.8 Å². The highest BCUT2D eigenvalue weighted by atomic mass is 32.1. The minimum absolute atomic E-state index is 0.793. The SMILES string of the molecule is COc1ccc2ccnc(NCc3ccc(C)s3)c2c1. The average Bonchev–Trinajstić information content (AvgIpc) is 2.90. The van der Waals surface area contributed by atoms with Gasteiger partial charge in [-0.2, -0.15) is 0 Å². The van der Waals surface area contributed by atoms with Crippen molar-refractivity contribution in [2.24, 2.45) is 0 Å². The second-order valence-electron chi connectivity index (χ2n) is 4.61. The molecule has 0 saturated heterocycles. The fourth-order valence-electron chi connectivity index (χ4n) is 2.17. The summed E-state index contributed by atoms with van der Waals surface area (Å²) >= 11 is 1.81. The summed E-state index contributed by atoms with van der Waals surface area (Å²) in [7, 11) is 1.68. The molecule has 3 rings (SSSR count). The third-order valence-electron chi connectivity index (χ3n) is 3.20. The van der Waals surface area contributed by atoms with Crippen LogP contribution in [0.1, 0.15) is 9.75 Å². The molecular weight excluding hydrogens is 268 g/mol. The molecule has 0 aliphatic heterocycles. The summed E-state index contributed by atoms with van der Waals surface area (Å²) in [4.78, 5) is 7.08. The zero-order valence-electron chi connectivity index (χ0n) is 11.5. The molecule has 2 heterocycles. The van der Waals surface area contributed by atoms with Gasteiger partial charge in [0.2, 0.25) is 0 Å². The number of thiophene rings is 1. The lowest BCUT2D eigenvalue weighted by Crippen LogP contribution is -2.00. The van der Waals surface area contributed by atoms with Gasteiger partial charge < -0.3 is 10.1 Å². The summed E-state index contributed by atoms with van der Waals surface area (Å²) in [6, 6.07) is 12.3. The van der Waals surface area contributed by atoms with Crippen LogP contribution < -0.4 is 10.1 Å². The van der Waals surface area contributed by atoms with Crippen molar-refractivity contribution < 1.29 is 4.74 Å². The number of rotatable bonds is 4. The van der Waals surface area contributed by atoms with Gasteiger partial charge in [-0.3, -0.25) is 0 Å². The van der Waals surface area contributed by atoms with E-state index < -0.39 is 0 Å². The van der Waals surface area contributed by atoms with E-state index in [0.717, 1.165) is 28.9 Å². The van der Waals surface area contributed by atoms with Gasteiger partial charge in [0.25, 0.3) is 0 Å². The molecule has 102 valence electrons. The van der Waals surface area contributed by atoms with E-state index in [0.29, 0.717) is 0 Å². The van der Waals surface area contributed by atoms with Crippen LogP contribution in [0.2, 0.25) is 0 Å². The Kier molecular flexibility index (Phi) is 3.56. The lowest BCUT2D eigenvalue weighted by atomic mass is 10.1. The van der Waals surface area contributed by atoms with E-state index >= 15 is 0 Å². The molecule has 4 heteroatoms. The Morgan fingerprint density at radius 1 is 1.20 bits per heavy atom. The molecule has 3 aromatic rings. The molecule has 0 aliphatic rings. The summed E-state index contributed by atoms with van der Waals surface area (Å²) in [6.45, 7) is 2.91. The Morgan fingerprint density at radius 3 is 2.85 bits per heavy atom. The molecule has 0 spiro atoms. The molecule has 20 heavy (non-hydrogen) atoms. The Bertz CT molecular complexity index is 736. The number of methoxy groups -OCH3 is 1. The lowest BCUT2D eigenvalue weighted by molar-refractivity contribution is 0.415. The van der Waals surface area contributed by atoms with E-state index in [1.54, 1.807) is 18.4 Å². The first-order valence-corrected chi connectivity index (χ1v) is 7.30. The molecule has 2 aromatic heterocycles. The normalized spacial score (nSPS) is 10.7. The molecule has 1 aromatic carbocycles. The van der Waals surface area contributed by atoms with Gasteiger partial charge in [-0.25, -0.2) is 4.98 Å². The minimum Gasteiger partial charge on any atom is -0.497 e. The Hall–Kier alpha value is -2.07. The minimum atomic E-state index is 0.793. The summed E-state index contributed by atoms with van der Waals surface area (Å²) in [5.74, 6) is 1.74. The number of nitrogens with one attached hydrogen (secondary N) is 1. The molecule has 0 aliphatic carbocycles. The third kappa shape index (κ3) is 2.60. The topological polar surface area (TPSA) is 34.1 Å². The zero-order valence-corrected chi connectivity index (χ0v) is 12.3. The molecule has 0 radical (unpaired) electrons. The van der Waals surface area contributed by atoms with Crippen LogP contribution >= 0.6 is 11.3 Å². The third-order valence-corrected chi connectivity index (χ3v) is 4.20. The number of hydrogen-bond donors (Lipinski definition) is 1. The molecular formula is C16H16N2OS. The smallest absolute Gasteiger partial charge is 0.134 e. The van der Waals surface area contributed by atoms with Crippen molar-refractivity contribution >= 4 is 27.9 Å². The first-order valence-electron chi connectivity index (χ1n) is 6.48. The molecule has 0 fully saturated rings. The zero-order chi connectivity index (χ0) is 13.9. The van der Waals surface area contributed by atoms with E-state index in [2.05, 4.69) is 35.4 Å². The fraction of sp³-hybridized carbons (Fsp3) is 0.188. The van der Waals surface area contributed by atoms with Crippen molar-refractivity contribution in [3.8, 4) is 5.75 Å². The highest BCUT2D eigenvalue weighted by Gasteiger charge is 2.04. The number of anilines is 1. The van der Waals surface area contributed by atoms with Crippen LogP contribution in [-0.2, 0) is 6.54 Å². The van der Waals surface area contributed by atoms with Gasteiger partial charge in [-0.1, -0.05) is 6.07 Å². The van der Waals surface area contributed by atoms with Crippen LogP contribution in [0.15, 0.2) is 42.6 Å². The van der Waals surface area contributed by atoms with Gasteiger partial charge in [-0.05, 0) is 42.6 Å². The van der Waals surface area contributed by atoms with E-state index in [1.165, 1.54) is 9.75 Å². The van der Waals surface area contributed by atoms with Crippen molar-refractivity contribution in [1.82, 2.24) is 4.98 Å². The number of nitrogens with zero attached hydrogens (tertiary/aromatic N) is 1. The molecule has 0 saturated carbocycles. The lowest BCUT2D eigenvalue weighted by Gasteiger charge is -2.09. The predicted octanol–water partition coefficient (Wildman–Crippen LogP) is 4.23. The van der Waals surface area contributed by atoms with E-state index in [1.807, 2.05) is 24.4 Å². The van der Waals surface area contributed by atoms with E-state index in [4.69, 9.17) is 4.74 Å². The Balaban J connectivity index is 1.90. The van der Waals surface area contributed by atoms with E-state index in [9.17, 15) is 0 Å². The van der Waals surface area contributed by atoms with E-state index in [-0.39, 0.29) is 0 Å². The van der Waals surface area contributed by atoms with Crippen molar-refractivity contribution in [2.75, 3.05) is 12.4 Å². The maximum atomic E-state index is 5.29. The van der Waals surface area contributed by atoms with Crippen molar-refractivity contribution in [2.45, 2.75) is 13.5 Å². The first kappa shape index (κ1) is 12.9. The van der Waals surface area contributed by atoms with Gasteiger partial charge in [-0.15, -0.1) is 11.3 Å². The molecule has 0 bridgehead atoms. The van der Waals surface area contributed by atoms with Crippen LogP contribution in [0, 0.1) is 6.92 Å². The molecule has 0 atom stereocenters. The van der Waals surface area contributed by atoms with Gasteiger partial charge in [0.05, 0.1) is 13.7 Å². The number of aryl methyl sites for hydroxylation is 1. The number of fused-ring (bicyclic) bond motifs is 1. The number of ether oxygens (including phenoxy) is 1. The predicted molar refractivity (Wildman–Crippen MR) is 84.7 cm³/mol. The first-order chi connectivity index (χ1) is 9.76. The van der Waals surface area contributed by atoms with Crippen LogP contribution in [0.4, 0.5) is 5.82 Å². The molecule has 1 N–H and O–H groups in total. The number of benzene rings is 1. The molecule has 0 unspecified atom stereocenters. The summed E-state index contributed by atoms with van der Waals surface area (Å²) in [5.41, 5.74) is 0. The monoisotopic (exact) mass is 284 g/mol. The van der Waals surface area contributed by atoms with Crippen LogP contribution in [0.3, 0.4) is 0 Å². The maximum absolute atomic E-state index is 5.29. The van der Waals surface area contributed by atoms with Crippen molar-refractivity contribution in [1.29, 1.82) is 0 Å². The molecule has 3 nitrogen and oxygen atoms in total. The van der Waals surface area contributed by atoms with Crippen molar-refractivity contribution in [3.63, 3.8) is 0 Å². The van der Waals surface area contributed by atoms with Gasteiger partial charge in [0, 0.05) is 21.3 Å². The standard InChI is InChI=1S/C16H16N2OS/c1-11-3-6-14(20-11)10-18-16-15-9-13(19-2)5-4-12(15)7-8-17-16/h3-9H,10H2,1-2H3,(H,17,18). The summed E-state index contributed by atoms with van der Waals surface area (Å²) < 4.78 is 5.29. The Labute approximate surface area is 122 Å². The summed E-state index contributed by atoms with van der Waals surface area (Å²) in [6.07, 6.45) is 1.83. The number of pyridine rings is 1. The maximum Gasteiger partial charge on any atom is 0.134 e. The Morgan fingerprint density at radius 2 is 2.10 bits per heavy atom. The highest BCUT2D eigenvalue weighted by Crippen LogP contribution is 2.26. The fourth-order valence-corrected chi connectivity index (χ4v) is 3.00. The number of aromatic nitrogens is 1. The molecule has 0 amide bonds. The van der Waals surface area contributed by atoms with Crippen LogP contribution in [0.5, 0.6) is 5.75 Å². The summed E-state index contributed by atoms with van der Waals surface area (Å²) in [5, 5.41) is 5.65. The van der Waals surface area contributed by atoms with Gasteiger partial charge >= 0.3 is 0 Å². The highest BCUT2D eigenvalue weighted by molar-refractivity contribution is 7.11. The second kappa shape index (κ2) is 5.51. The van der Waals surface area contributed by atoms with Gasteiger partial charge in [0.1, 0.15) is 11.6 Å². The van der Waals surface area contributed by atoms with Crippen molar-refractivity contribution in [3.05, 3.63) is 52.3 Å². The second-order valence-corrected chi connectivity index (χ2v) is 5.98. The quantitative estimate of drug-likeness (QED) is 0.778. The van der Waals surface area contributed by atoms with Gasteiger partial charge in [0.15, 0.2) is 0 Å². The average molecular weight is 284 g/mol. The largest absolute Gasteiger partial charge is 0.497 e.